The van der Waals surface area contributed by atoms with E-state index in [2.05, 4.69) is 53.9 Å². The fraction of sp³-hybridized carbons (Fsp3) is 0.263. The van der Waals surface area contributed by atoms with Gasteiger partial charge in [-0.15, -0.1) is 0 Å². The first-order valence-corrected chi connectivity index (χ1v) is 7.53. The predicted molar refractivity (Wildman–Crippen MR) is 89.5 cm³/mol. The molecule has 1 aliphatic heterocycles. The second-order valence-corrected chi connectivity index (χ2v) is 5.36. The van der Waals surface area contributed by atoms with Crippen LogP contribution in [0.25, 0.3) is 6.08 Å². The highest BCUT2D eigenvalue weighted by Gasteiger charge is 2.20. The van der Waals surface area contributed by atoms with Crippen LogP contribution in [0.15, 0.2) is 48.5 Å². The van der Waals surface area contributed by atoms with Gasteiger partial charge in [0.2, 0.25) is 0 Å². The summed E-state index contributed by atoms with van der Waals surface area (Å²) in [6.45, 7) is 0.965. The van der Waals surface area contributed by atoms with Crippen molar-refractivity contribution in [2.75, 3.05) is 20.8 Å². The van der Waals surface area contributed by atoms with E-state index in [9.17, 15) is 0 Å². The Morgan fingerprint density at radius 1 is 1.05 bits per heavy atom. The van der Waals surface area contributed by atoms with Gasteiger partial charge in [0.15, 0.2) is 11.5 Å². The molecule has 1 unspecified atom stereocenters. The molecular weight excluding hydrogens is 274 g/mol. The molecule has 0 saturated heterocycles. The van der Waals surface area contributed by atoms with Gasteiger partial charge in [-0.3, -0.25) is 0 Å². The first-order valence-electron chi connectivity index (χ1n) is 7.53. The largest absolute Gasteiger partial charge is 0.493 e. The molecule has 114 valence electrons. The fourth-order valence-corrected chi connectivity index (χ4v) is 2.86. The van der Waals surface area contributed by atoms with E-state index in [4.69, 9.17) is 9.47 Å². The molecule has 0 radical (unpaired) electrons. The molecule has 0 bridgehead atoms. The van der Waals surface area contributed by atoms with Crippen LogP contribution in [0.5, 0.6) is 11.5 Å². The molecule has 0 fully saturated rings. The lowest BCUT2D eigenvalue weighted by Crippen LogP contribution is -2.28. The number of benzene rings is 2. The molecule has 0 aromatic heterocycles. The van der Waals surface area contributed by atoms with Crippen molar-refractivity contribution in [2.24, 2.45) is 0 Å². The van der Waals surface area contributed by atoms with Crippen molar-refractivity contribution < 1.29 is 9.47 Å². The smallest absolute Gasteiger partial charge is 0.161 e. The van der Waals surface area contributed by atoms with Crippen molar-refractivity contribution in [3.05, 3.63) is 65.2 Å². The minimum absolute atomic E-state index is 0.198. The molecule has 3 heteroatoms. The van der Waals surface area contributed by atoms with Crippen LogP contribution < -0.4 is 14.8 Å². The number of ether oxygens (including phenoxy) is 2. The SMILES string of the molecule is COc1cc2c(cc1OC)C(C=Cc1ccccc1)NCC2. The van der Waals surface area contributed by atoms with Gasteiger partial charge in [0.1, 0.15) is 0 Å². The van der Waals surface area contributed by atoms with Crippen LogP contribution >= 0.6 is 0 Å². The number of hydrogen-bond donors (Lipinski definition) is 1. The molecule has 1 heterocycles. The van der Waals surface area contributed by atoms with Crippen molar-refractivity contribution in [1.82, 2.24) is 5.32 Å². The summed E-state index contributed by atoms with van der Waals surface area (Å²) in [4.78, 5) is 0. The van der Waals surface area contributed by atoms with Gasteiger partial charge >= 0.3 is 0 Å². The molecule has 22 heavy (non-hydrogen) atoms. The summed E-state index contributed by atoms with van der Waals surface area (Å²) in [6.07, 6.45) is 5.37. The third kappa shape index (κ3) is 3.00. The lowest BCUT2D eigenvalue weighted by atomic mass is 9.93. The highest BCUT2D eigenvalue weighted by atomic mass is 16.5. The van der Waals surface area contributed by atoms with Gasteiger partial charge in [0, 0.05) is 6.54 Å². The summed E-state index contributed by atoms with van der Waals surface area (Å²) in [5.74, 6) is 1.58. The highest BCUT2D eigenvalue weighted by Crippen LogP contribution is 2.35. The Hall–Kier alpha value is -2.26. The number of fused-ring (bicyclic) bond motifs is 1. The normalized spacial score (nSPS) is 17.3. The third-order valence-corrected chi connectivity index (χ3v) is 4.02. The number of rotatable bonds is 4. The standard InChI is InChI=1S/C19H21NO2/c1-21-18-12-15-10-11-20-17(16(15)13-19(18)22-2)9-8-14-6-4-3-5-7-14/h3-9,12-13,17,20H,10-11H2,1-2H3. The second kappa shape index (κ2) is 6.67. The lowest BCUT2D eigenvalue weighted by Gasteiger charge is -2.26. The van der Waals surface area contributed by atoms with E-state index in [0.29, 0.717) is 0 Å². The van der Waals surface area contributed by atoms with Crippen LogP contribution in [-0.2, 0) is 6.42 Å². The second-order valence-electron chi connectivity index (χ2n) is 5.36. The van der Waals surface area contributed by atoms with Crippen LogP contribution in [0.4, 0.5) is 0 Å². The van der Waals surface area contributed by atoms with Gasteiger partial charge in [-0.1, -0.05) is 42.5 Å². The van der Waals surface area contributed by atoms with Gasteiger partial charge in [-0.2, -0.15) is 0 Å². The molecule has 2 aromatic carbocycles. The topological polar surface area (TPSA) is 30.5 Å². The van der Waals surface area contributed by atoms with Gasteiger partial charge in [0.05, 0.1) is 20.3 Å². The van der Waals surface area contributed by atoms with E-state index in [-0.39, 0.29) is 6.04 Å². The Bertz CT molecular complexity index is 665. The van der Waals surface area contributed by atoms with Crippen LogP contribution in [-0.4, -0.2) is 20.8 Å². The Labute approximate surface area is 131 Å². The maximum Gasteiger partial charge on any atom is 0.161 e. The molecule has 0 spiro atoms. The Morgan fingerprint density at radius 2 is 1.77 bits per heavy atom. The molecule has 1 atom stereocenters. The molecule has 0 aliphatic carbocycles. The summed E-state index contributed by atoms with van der Waals surface area (Å²) < 4.78 is 10.8. The molecule has 0 amide bonds. The third-order valence-electron chi connectivity index (χ3n) is 4.02. The van der Waals surface area contributed by atoms with Crippen molar-refractivity contribution in [1.29, 1.82) is 0 Å². The van der Waals surface area contributed by atoms with Crippen molar-refractivity contribution in [3.63, 3.8) is 0 Å². The monoisotopic (exact) mass is 295 g/mol. The summed E-state index contributed by atoms with van der Waals surface area (Å²) in [7, 11) is 3.35. The molecule has 1 aliphatic rings. The van der Waals surface area contributed by atoms with Gasteiger partial charge in [-0.25, -0.2) is 0 Å². The molecule has 3 nitrogen and oxygen atoms in total. The molecule has 2 aromatic rings. The number of nitrogens with one attached hydrogen (secondary N) is 1. The average molecular weight is 295 g/mol. The minimum Gasteiger partial charge on any atom is -0.493 e. The van der Waals surface area contributed by atoms with E-state index in [1.165, 1.54) is 16.7 Å². The van der Waals surface area contributed by atoms with Crippen molar-refractivity contribution in [3.8, 4) is 11.5 Å². The highest BCUT2D eigenvalue weighted by molar-refractivity contribution is 5.54. The van der Waals surface area contributed by atoms with Crippen molar-refractivity contribution >= 4 is 6.08 Å². The Balaban J connectivity index is 1.92. The van der Waals surface area contributed by atoms with Gasteiger partial charge in [0.25, 0.3) is 0 Å². The summed E-state index contributed by atoms with van der Waals surface area (Å²) in [5.41, 5.74) is 3.78. The fourth-order valence-electron chi connectivity index (χ4n) is 2.86. The van der Waals surface area contributed by atoms with Gasteiger partial charge in [-0.05, 0) is 35.2 Å². The van der Waals surface area contributed by atoms with E-state index in [1.807, 2.05) is 6.07 Å². The quantitative estimate of drug-likeness (QED) is 0.935. The zero-order chi connectivity index (χ0) is 15.4. The van der Waals surface area contributed by atoms with Crippen LogP contribution in [0.3, 0.4) is 0 Å². The first kappa shape index (κ1) is 14.7. The molecule has 3 rings (SSSR count). The molecular formula is C19H21NO2. The first-order chi connectivity index (χ1) is 10.8. The van der Waals surface area contributed by atoms with E-state index in [1.54, 1.807) is 14.2 Å². The summed E-state index contributed by atoms with van der Waals surface area (Å²) in [5, 5.41) is 3.55. The zero-order valence-corrected chi connectivity index (χ0v) is 13.0. The van der Waals surface area contributed by atoms with Gasteiger partial charge < -0.3 is 14.8 Å². The van der Waals surface area contributed by atoms with E-state index < -0.39 is 0 Å². The summed E-state index contributed by atoms with van der Waals surface area (Å²) in [6, 6.07) is 14.7. The van der Waals surface area contributed by atoms with Crippen molar-refractivity contribution in [2.45, 2.75) is 12.5 Å². The van der Waals surface area contributed by atoms with Crippen LogP contribution in [0.2, 0.25) is 0 Å². The maximum absolute atomic E-state index is 5.44. The summed E-state index contributed by atoms with van der Waals surface area (Å²) >= 11 is 0. The maximum atomic E-state index is 5.44. The zero-order valence-electron chi connectivity index (χ0n) is 13.0. The Kier molecular flexibility index (Phi) is 4.45. The predicted octanol–water partition coefficient (Wildman–Crippen LogP) is 3.60. The van der Waals surface area contributed by atoms with E-state index in [0.717, 1.165) is 24.5 Å². The minimum atomic E-state index is 0.198. The number of hydrogen-bond acceptors (Lipinski definition) is 3. The molecule has 1 N–H and O–H groups in total. The number of methoxy groups -OCH3 is 2. The van der Waals surface area contributed by atoms with E-state index >= 15 is 0 Å². The molecule has 0 saturated carbocycles. The Morgan fingerprint density at radius 3 is 2.50 bits per heavy atom. The van der Waals surface area contributed by atoms with Crippen LogP contribution in [0, 0.1) is 0 Å². The van der Waals surface area contributed by atoms with Crippen LogP contribution in [0.1, 0.15) is 22.7 Å². The lowest BCUT2D eigenvalue weighted by molar-refractivity contribution is 0.353. The average Bonchev–Trinajstić information content (AvgIpc) is 2.59.